The van der Waals surface area contributed by atoms with Crippen LogP contribution in [-0.4, -0.2) is 23.3 Å². The number of halogens is 1. The second-order valence-electron chi connectivity index (χ2n) is 4.56. The molecule has 0 aliphatic carbocycles. The Bertz CT molecular complexity index is 854. The van der Waals surface area contributed by atoms with Crippen molar-refractivity contribution in [2.75, 3.05) is 5.32 Å². The first-order valence-corrected chi connectivity index (χ1v) is 8.55. The van der Waals surface area contributed by atoms with E-state index >= 15 is 0 Å². The lowest BCUT2D eigenvalue weighted by Crippen LogP contribution is -2.13. The Hall–Kier alpha value is -2.11. The van der Waals surface area contributed by atoms with Crippen LogP contribution in [0.15, 0.2) is 33.9 Å². The maximum absolute atomic E-state index is 11.2. The largest absolute Gasteiger partial charge is 0.373 e. The van der Waals surface area contributed by atoms with Crippen LogP contribution in [0.4, 0.5) is 11.4 Å². The van der Waals surface area contributed by atoms with Crippen molar-refractivity contribution in [3.63, 3.8) is 0 Å². The fourth-order valence-corrected chi connectivity index (χ4v) is 2.64. The van der Waals surface area contributed by atoms with E-state index in [1.54, 1.807) is 6.92 Å². The highest BCUT2D eigenvalue weighted by atomic mass is 79.9. The topological polar surface area (TPSA) is 141 Å². The molecule has 0 aromatic carbocycles. The predicted octanol–water partition coefficient (Wildman–Crippen LogP) is 1.72. The summed E-state index contributed by atoms with van der Waals surface area (Å²) in [7, 11) is -3.80. The van der Waals surface area contributed by atoms with Crippen molar-refractivity contribution < 1.29 is 13.3 Å². The summed E-state index contributed by atoms with van der Waals surface area (Å²) in [6.07, 6.45) is 2.30. The third-order valence-electron chi connectivity index (χ3n) is 2.94. The van der Waals surface area contributed by atoms with Gasteiger partial charge in [0.05, 0.1) is 27.3 Å². The summed E-state index contributed by atoms with van der Waals surface area (Å²) in [6.45, 7) is 1.87. The molecule has 0 atom stereocenters. The van der Waals surface area contributed by atoms with Gasteiger partial charge in [0.25, 0.3) is 0 Å². The molecule has 0 aliphatic rings. The van der Waals surface area contributed by atoms with Crippen molar-refractivity contribution >= 4 is 37.3 Å². The number of nitro groups is 1. The number of nitrogens with one attached hydrogen (secondary N) is 1. The Morgan fingerprint density at radius 1 is 1.35 bits per heavy atom. The van der Waals surface area contributed by atoms with Crippen LogP contribution in [0.5, 0.6) is 0 Å². The van der Waals surface area contributed by atoms with E-state index in [1.165, 1.54) is 18.3 Å². The van der Waals surface area contributed by atoms with Gasteiger partial charge in [0.1, 0.15) is 16.8 Å². The highest BCUT2D eigenvalue weighted by Gasteiger charge is 2.19. The van der Waals surface area contributed by atoms with Gasteiger partial charge in [-0.25, -0.2) is 13.6 Å². The van der Waals surface area contributed by atoms with Crippen molar-refractivity contribution in [3.8, 4) is 0 Å². The van der Waals surface area contributed by atoms with E-state index in [0.29, 0.717) is 15.9 Å². The quantitative estimate of drug-likeness (QED) is 0.573. The van der Waals surface area contributed by atoms with Gasteiger partial charge in [0.2, 0.25) is 10.0 Å². The van der Waals surface area contributed by atoms with Crippen molar-refractivity contribution in [2.24, 2.45) is 5.14 Å². The van der Waals surface area contributed by atoms with E-state index in [9.17, 15) is 18.5 Å². The average Bonchev–Trinajstić information content (AvgIpc) is 2.48. The second kappa shape index (κ2) is 6.56. The molecule has 9 nitrogen and oxygen atoms in total. The molecule has 0 unspecified atom stereocenters. The number of primary sulfonamides is 1. The molecule has 23 heavy (non-hydrogen) atoms. The van der Waals surface area contributed by atoms with Crippen LogP contribution in [-0.2, 0) is 16.6 Å². The normalized spacial score (nSPS) is 11.3. The summed E-state index contributed by atoms with van der Waals surface area (Å²) < 4.78 is 22.8. The van der Waals surface area contributed by atoms with Gasteiger partial charge in [-0.1, -0.05) is 0 Å². The molecule has 2 heterocycles. The minimum Gasteiger partial charge on any atom is -0.373 e. The lowest BCUT2D eigenvalue weighted by atomic mass is 10.2. The zero-order valence-electron chi connectivity index (χ0n) is 11.9. The summed E-state index contributed by atoms with van der Waals surface area (Å²) in [5, 5.41) is 19.0. The number of nitrogens with zero attached hydrogens (tertiary/aromatic N) is 3. The Labute approximate surface area is 140 Å². The smallest absolute Gasteiger partial charge is 0.311 e. The van der Waals surface area contributed by atoms with Gasteiger partial charge in [-0.3, -0.25) is 20.1 Å². The van der Waals surface area contributed by atoms with Gasteiger partial charge in [0.15, 0.2) is 0 Å². The Morgan fingerprint density at radius 2 is 2.04 bits per heavy atom. The van der Waals surface area contributed by atoms with Crippen molar-refractivity contribution in [3.05, 3.63) is 50.5 Å². The maximum Gasteiger partial charge on any atom is 0.311 e. The van der Waals surface area contributed by atoms with E-state index in [-0.39, 0.29) is 22.8 Å². The van der Waals surface area contributed by atoms with E-state index in [2.05, 4.69) is 31.2 Å². The minimum absolute atomic E-state index is 0.104. The molecule has 0 aliphatic heterocycles. The van der Waals surface area contributed by atoms with Crippen molar-refractivity contribution in [1.29, 1.82) is 0 Å². The number of aromatic nitrogens is 2. The number of hydrogen-bond acceptors (Lipinski definition) is 7. The molecule has 2 aromatic heterocycles. The summed E-state index contributed by atoms with van der Waals surface area (Å²) in [5.74, 6) is 0. The molecule has 11 heteroatoms. The van der Waals surface area contributed by atoms with E-state index < -0.39 is 14.9 Å². The Balaban J connectivity index is 2.24. The molecule has 0 radical (unpaired) electrons. The molecule has 0 amide bonds. The zero-order valence-corrected chi connectivity index (χ0v) is 14.3. The Kier molecular flexibility index (Phi) is 4.92. The van der Waals surface area contributed by atoms with Gasteiger partial charge in [-0.05, 0) is 35.0 Å². The van der Waals surface area contributed by atoms with Crippen LogP contribution in [0.25, 0.3) is 0 Å². The van der Waals surface area contributed by atoms with Crippen LogP contribution < -0.4 is 10.5 Å². The summed E-state index contributed by atoms with van der Waals surface area (Å²) >= 11 is 3.26. The van der Waals surface area contributed by atoms with Crippen LogP contribution in [0.3, 0.4) is 0 Å². The maximum atomic E-state index is 11.2. The number of anilines is 1. The first-order valence-electron chi connectivity index (χ1n) is 6.21. The number of pyridine rings is 2. The number of nitrogens with two attached hydrogens (primary N) is 1. The predicted molar refractivity (Wildman–Crippen MR) is 86.3 cm³/mol. The van der Waals surface area contributed by atoms with Crippen LogP contribution in [0.1, 0.15) is 11.4 Å². The number of rotatable bonds is 5. The number of aryl methyl sites for hydroxylation is 1. The minimum atomic E-state index is -3.80. The third-order valence-corrected chi connectivity index (χ3v) is 4.81. The number of sulfonamides is 1. The zero-order chi connectivity index (χ0) is 17.2. The van der Waals surface area contributed by atoms with Gasteiger partial charge in [-0.15, -0.1) is 0 Å². The third kappa shape index (κ3) is 4.00. The second-order valence-corrected chi connectivity index (χ2v) is 6.91. The Morgan fingerprint density at radius 3 is 2.57 bits per heavy atom. The molecule has 0 fully saturated rings. The lowest BCUT2D eigenvalue weighted by molar-refractivity contribution is -0.384. The average molecular weight is 402 g/mol. The SMILES string of the molecule is Cc1ncc([N+](=O)[O-])c(NCc2ccc(S(N)(=O)=O)cn2)c1Br. The molecule has 122 valence electrons. The lowest BCUT2D eigenvalue weighted by Gasteiger charge is -2.10. The standard InChI is InChI=1S/C12H12BrN5O4S/c1-7-11(13)12(10(6-15-7)18(19)20)17-4-8-2-3-9(5-16-8)23(14,21)22/h2-3,5-6H,4H2,1H3,(H,15,17)(H2,14,21,22). The molecule has 0 bridgehead atoms. The van der Waals surface area contributed by atoms with E-state index in [0.717, 1.165) is 6.20 Å². The summed E-state index contributed by atoms with van der Waals surface area (Å²) in [5.41, 5.74) is 1.19. The van der Waals surface area contributed by atoms with Gasteiger partial charge < -0.3 is 5.32 Å². The highest BCUT2D eigenvalue weighted by Crippen LogP contribution is 2.33. The van der Waals surface area contributed by atoms with E-state index in [1.807, 2.05) is 0 Å². The van der Waals surface area contributed by atoms with Crippen molar-refractivity contribution in [1.82, 2.24) is 9.97 Å². The van der Waals surface area contributed by atoms with Crippen molar-refractivity contribution in [2.45, 2.75) is 18.4 Å². The first kappa shape index (κ1) is 17.2. The number of hydrogen-bond donors (Lipinski definition) is 2. The molecule has 3 N–H and O–H groups in total. The monoisotopic (exact) mass is 401 g/mol. The van der Waals surface area contributed by atoms with Gasteiger partial charge in [0, 0.05) is 6.20 Å². The molecule has 2 rings (SSSR count). The first-order chi connectivity index (χ1) is 10.7. The molecule has 0 spiro atoms. The molecule has 2 aromatic rings. The van der Waals surface area contributed by atoms with Gasteiger partial charge >= 0.3 is 5.69 Å². The fraction of sp³-hybridized carbons (Fsp3) is 0.167. The molecular formula is C12H12BrN5O4S. The molecule has 0 saturated heterocycles. The van der Waals surface area contributed by atoms with Crippen LogP contribution >= 0.6 is 15.9 Å². The fourth-order valence-electron chi connectivity index (χ4n) is 1.74. The van der Waals surface area contributed by atoms with Crippen LogP contribution in [0, 0.1) is 17.0 Å². The van der Waals surface area contributed by atoms with E-state index in [4.69, 9.17) is 5.14 Å². The van der Waals surface area contributed by atoms with Gasteiger partial charge in [-0.2, -0.15) is 0 Å². The van der Waals surface area contributed by atoms with Crippen LogP contribution in [0.2, 0.25) is 0 Å². The molecular weight excluding hydrogens is 390 g/mol. The summed E-state index contributed by atoms with van der Waals surface area (Å²) in [4.78, 5) is 18.3. The highest BCUT2D eigenvalue weighted by molar-refractivity contribution is 9.10. The summed E-state index contributed by atoms with van der Waals surface area (Å²) in [6, 6.07) is 2.79. The molecule has 0 saturated carbocycles.